The summed E-state index contributed by atoms with van der Waals surface area (Å²) in [4.78, 5) is 4.57. The Hall–Kier alpha value is -2.41. The minimum Gasteiger partial charge on any atom is -0.256 e. The summed E-state index contributed by atoms with van der Waals surface area (Å²) in [6.07, 6.45) is 1.94. The Kier molecular flexibility index (Phi) is 3.11. The maximum absolute atomic E-state index is 4.57. The second kappa shape index (κ2) is 5.07. The number of hydrogen-bond acceptors (Lipinski definition) is 1. The van der Waals surface area contributed by atoms with Crippen LogP contribution < -0.4 is 0 Å². The fraction of sp³-hybridized carbons (Fsp3) is 0.0556. The van der Waals surface area contributed by atoms with Gasteiger partial charge in [0.05, 0.1) is 5.69 Å². The van der Waals surface area contributed by atoms with Gasteiger partial charge in [-0.2, -0.15) is 0 Å². The molecule has 0 atom stereocenters. The van der Waals surface area contributed by atoms with Crippen molar-refractivity contribution in [3.8, 4) is 22.4 Å². The van der Waals surface area contributed by atoms with E-state index in [2.05, 4.69) is 60.4 Å². The number of rotatable bonds is 2. The summed E-state index contributed by atoms with van der Waals surface area (Å²) in [7, 11) is 0. The highest BCUT2D eigenvalue weighted by molar-refractivity contribution is 5.66. The standard InChI is InChI=1S/C18H15N/c1-14-6-5-9-16(12-14)18-11-10-17(13-19-18)15-7-3-2-4-8-15/h2-13H,1H3. The number of aryl methyl sites for hydroxylation is 1. The number of pyridine rings is 1. The van der Waals surface area contributed by atoms with Crippen LogP contribution in [0, 0.1) is 6.92 Å². The summed E-state index contributed by atoms with van der Waals surface area (Å²) in [6, 6.07) is 22.9. The molecule has 0 spiro atoms. The van der Waals surface area contributed by atoms with Crippen molar-refractivity contribution in [3.05, 3.63) is 78.5 Å². The molecule has 0 saturated heterocycles. The molecule has 1 heteroatoms. The van der Waals surface area contributed by atoms with Gasteiger partial charge in [-0.25, -0.2) is 0 Å². The minimum absolute atomic E-state index is 1.02. The molecular formula is C18H15N. The van der Waals surface area contributed by atoms with Crippen LogP contribution in [0.4, 0.5) is 0 Å². The van der Waals surface area contributed by atoms with Crippen LogP contribution in [0.2, 0.25) is 0 Å². The molecule has 1 aromatic heterocycles. The number of benzene rings is 2. The summed E-state index contributed by atoms with van der Waals surface area (Å²) in [6.45, 7) is 2.10. The normalized spacial score (nSPS) is 10.4. The van der Waals surface area contributed by atoms with Gasteiger partial charge in [-0.05, 0) is 24.6 Å². The summed E-state index contributed by atoms with van der Waals surface area (Å²) < 4.78 is 0. The molecule has 0 aliphatic carbocycles. The lowest BCUT2D eigenvalue weighted by atomic mass is 10.1. The van der Waals surface area contributed by atoms with Gasteiger partial charge in [0.15, 0.2) is 0 Å². The highest BCUT2D eigenvalue weighted by atomic mass is 14.7. The van der Waals surface area contributed by atoms with Gasteiger partial charge in [0.25, 0.3) is 0 Å². The number of nitrogens with zero attached hydrogens (tertiary/aromatic N) is 1. The van der Waals surface area contributed by atoms with Gasteiger partial charge < -0.3 is 0 Å². The molecular weight excluding hydrogens is 230 g/mol. The second-order valence-corrected chi connectivity index (χ2v) is 4.67. The molecule has 0 saturated carbocycles. The quantitative estimate of drug-likeness (QED) is 0.636. The number of hydrogen-bond donors (Lipinski definition) is 0. The monoisotopic (exact) mass is 245 g/mol. The average Bonchev–Trinajstić information content (AvgIpc) is 2.48. The summed E-state index contributed by atoms with van der Waals surface area (Å²) in [5, 5.41) is 0. The SMILES string of the molecule is Cc1cccc(-c2ccc(-c3ccccc3)cn2)c1. The predicted molar refractivity (Wildman–Crippen MR) is 79.8 cm³/mol. The molecule has 0 amide bonds. The van der Waals surface area contributed by atoms with Crippen LogP contribution in [0.5, 0.6) is 0 Å². The molecule has 3 aromatic rings. The Morgan fingerprint density at radius 3 is 2.16 bits per heavy atom. The Balaban J connectivity index is 1.95. The lowest BCUT2D eigenvalue weighted by Gasteiger charge is -2.04. The topological polar surface area (TPSA) is 12.9 Å². The Bertz CT molecular complexity index is 670. The molecule has 1 nitrogen and oxygen atoms in total. The van der Waals surface area contributed by atoms with E-state index in [4.69, 9.17) is 0 Å². The second-order valence-electron chi connectivity index (χ2n) is 4.67. The van der Waals surface area contributed by atoms with Crippen LogP contribution in [0.15, 0.2) is 72.9 Å². The van der Waals surface area contributed by atoms with Gasteiger partial charge in [0.2, 0.25) is 0 Å². The van der Waals surface area contributed by atoms with Gasteiger partial charge in [-0.1, -0.05) is 60.2 Å². The fourth-order valence-corrected chi connectivity index (χ4v) is 2.17. The first-order valence-electron chi connectivity index (χ1n) is 6.41. The maximum atomic E-state index is 4.57. The van der Waals surface area contributed by atoms with Crippen molar-refractivity contribution in [2.24, 2.45) is 0 Å². The third-order valence-electron chi connectivity index (χ3n) is 3.18. The van der Waals surface area contributed by atoms with Crippen molar-refractivity contribution in [1.29, 1.82) is 0 Å². The smallest absolute Gasteiger partial charge is 0.0702 e. The zero-order chi connectivity index (χ0) is 13.1. The van der Waals surface area contributed by atoms with E-state index < -0.39 is 0 Å². The van der Waals surface area contributed by atoms with Crippen molar-refractivity contribution in [3.63, 3.8) is 0 Å². The van der Waals surface area contributed by atoms with Gasteiger partial charge in [-0.15, -0.1) is 0 Å². The third kappa shape index (κ3) is 2.55. The average molecular weight is 245 g/mol. The third-order valence-corrected chi connectivity index (χ3v) is 3.18. The van der Waals surface area contributed by atoms with Crippen LogP contribution in [0.1, 0.15) is 5.56 Å². The molecule has 0 unspecified atom stereocenters. The van der Waals surface area contributed by atoms with Crippen LogP contribution in [0.25, 0.3) is 22.4 Å². The van der Waals surface area contributed by atoms with Gasteiger partial charge in [0.1, 0.15) is 0 Å². The first kappa shape index (κ1) is 11.7. The Morgan fingerprint density at radius 1 is 0.684 bits per heavy atom. The maximum Gasteiger partial charge on any atom is 0.0702 e. The van der Waals surface area contributed by atoms with E-state index in [0.29, 0.717) is 0 Å². The lowest BCUT2D eigenvalue weighted by molar-refractivity contribution is 1.32. The fourth-order valence-electron chi connectivity index (χ4n) is 2.17. The highest BCUT2D eigenvalue weighted by Crippen LogP contribution is 2.22. The van der Waals surface area contributed by atoms with Crippen LogP contribution in [-0.2, 0) is 0 Å². The molecule has 3 rings (SSSR count). The van der Waals surface area contributed by atoms with Crippen molar-refractivity contribution in [2.75, 3.05) is 0 Å². The van der Waals surface area contributed by atoms with Gasteiger partial charge >= 0.3 is 0 Å². The zero-order valence-corrected chi connectivity index (χ0v) is 10.9. The van der Waals surface area contributed by atoms with E-state index in [1.807, 2.05) is 24.4 Å². The first-order chi connectivity index (χ1) is 9.33. The van der Waals surface area contributed by atoms with E-state index in [0.717, 1.165) is 11.3 Å². The summed E-state index contributed by atoms with van der Waals surface area (Å²) >= 11 is 0. The first-order valence-corrected chi connectivity index (χ1v) is 6.41. The van der Waals surface area contributed by atoms with E-state index in [1.54, 1.807) is 0 Å². The molecule has 0 N–H and O–H groups in total. The summed E-state index contributed by atoms with van der Waals surface area (Å²) in [5.41, 5.74) is 5.79. The van der Waals surface area contributed by atoms with Crippen LogP contribution in [0.3, 0.4) is 0 Å². The van der Waals surface area contributed by atoms with Crippen molar-refractivity contribution < 1.29 is 0 Å². The Labute approximate surface area is 113 Å². The van der Waals surface area contributed by atoms with Crippen molar-refractivity contribution >= 4 is 0 Å². The van der Waals surface area contributed by atoms with Gasteiger partial charge in [-0.3, -0.25) is 4.98 Å². The Morgan fingerprint density at radius 2 is 1.47 bits per heavy atom. The largest absolute Gasteiger partial charge is 0.256 e. The van der Waals surface area contributed by atoms with Crippen LogP contribution >= 0.6 is 0 Å². The molecule has 19 heavy (non-hydrogen) atoms. The van der Waals surface area contributed by atoms with E-state index in [1.165, 1.54) is 16.7 Å². The van der Waals surface area contributed by atoms with E-state index in [9.17, 15) is 0 Å². The predicted octanol–water partition coefficient (Wildman–Crippen LogP) is 4.72. The van der Waals surface area contributed by atoms with Crippen molar-refractivity contribution in [1.82, 2.24) is 4.98 Å². The zero-order valence-electron chi connectivity index (χ0n) is 10.9. The molecule has 0 aliphatic heterocycles. The summed E-state index contributed by atoms with van der Waals surface area (Å²) in [5.74, 6) is 0. The van der Waals surface area contributed by atoms with E-state index in [-0.39, 0.29) is 0 Å². The van der Waals surface area contributed by atoms with Crippen LogP contribution in [-0.4, -0.2) is 4.98 Å². The molecule has 2 aromatic carbocycles. The number of aromatic nitrogens is 1. The molecule has 1 heterocycles. The molecule has 0 bridgehead atoms. The van der Waals surface area contributed by atoms with Crippen molar-refractivity contribution in [2.45, 2.75) is 6.92 Å². The molecule has 0 aliphatic rings. The molecule has 0 fully saturated rings. The molecule has 0 radical (unpaired) electrons. The molecule has 92 valence electrons. The lowest BCUT2D eigenvalue weighted by Crippen LogP contribution is -1.85. The minimum atomic E-state index is 1.02. The van der Waals surface area contributed by atoms with E-state index >= 15 is 0 Å². The van der Waals surface area contributed by atoms with Gasteiger partial charge in [0, 0.05) is 17.3 Å². The highest BCUT2D eigenvalue weighted by Gasteiger charge is 2.01.